The molecule has 1 saturated heterocycles. The van der Waals surface area contributed by atoms with Gasteiger partial charge in [-0.25, -0.2) is 15.2 Å². The fourth-order valence-electron chi connectivity index (χ4n) is 5.23. The third-order valence-electron chi connectivity index (χ3n) is 7.70. The standard InChI is InChI=1S/C31H37ClFN7O2S/c1-3-37-13-15-38(16-14-37)11-6-12-39(35)19-25(33)22-9-10-27-26(17-22)36-20-40(27)29-18-28(30(43-29)31(34)41)42-21(2)23-7-4-5-8-24(23)32/h4-5,7-10,17-21H,3,6,11-16,35H2,1-2H3,(H2,34,41)/b25-19-. The van der Waals surface area contributed by atoms with Crippen molar-refractivity contribution in [3.05, 3.63) is 82.1 Å². The number of rotatable bonds is 12. The molecule has 1 aliphatic rings. The van der Waals surface area contributed by atoms with Crippen LogP contribution in [0.3, 0.4) is 0 Å². The smallest absolute Gasteiger partial charge is 0.262 e. The average Bonchev–Trinajstić information content (AvgIpc) is 3.61. The van der Waals surface area contributed by atoms with Gasteiger partial charge in [-0.05, 0) is 50.7 Å². The maximum absolute atomic E-state index is 15.2. The first-order valence-electron chi connectivity index (χ1n) is 14.4. The van der Waals surface area contributed by atoms with Crippen LogP contribution in [0.5, 0.6) is 5.75 Å². The molecule has 1 fully saturated rings. The van der Waals surface area contributed by atoms with Gasteiger partial charge in [0.05, 0.1) is 17.2 Å². The van der Waals surface area contributed by atoms with Gasteiger partial charge in [-0.2, -0.15) is 0 Å². The molecule has 9 nitrogen and oxygen atoms in total. The monoisotopic (exact) mass is 625 g/mol. The highest BCUT2D eigenvalue weighted by Crippen LogP contribution is 2.37. The zero-order valence-corrected chi connectivity index (χ0v) is 26.0. The lowest BCUT2D eigenvalue weighted by molar-refractivity contribution is 0.0998. The predicted octanol–water partition coefficient (Wildman–Crippen LogP) is 5.45. The Labute approximate surface area is 260 Å². The van der Waals surface area contributed by atoms with Gasteiger partial charge in [0, 0.05) is 54.9 Å². The third-order valence-corrected chi connectivity index (χ3v) is 9.17. The van der Waals surface area contributed by atoms with Crippen molar-refractivity contribution in [1.82, 2.24) is 24.4 Å². The second-order valence-electron chi connectivity index (χ2n) is 10.6. The third kappa shape index (κ3) is 7.36. The molecule has 12 heteroatoms. The number of benzene rings is 2. The molecule has 228 valence electrons. The van der Waals surface area contributed by atoms with Crippen LogP contribution in [0.25, 0.3) is 21.9 Å². The minimum absolute atomic E-state index is 0.285. The Bertz CT molecular complexity index is 1600. The summed E-state index contributed by atoms with van der Waals surface area (Å²) in [6, 6.07) is 14.3. The summed E-state index contributed by atoms with van der Waals surface area (Å²) in [5.41, 5.74) is 8.20. The number of halogens is 2. The SMILES string of the molecule is CCN1CCN(CCCN(N)/C=C(\F)c2ccc3c(c2)ncn3-c2cc(OC(C)c3ccccc3Cl)c(C(N)=O)s2)CC1. The van der Waals surface area contributed by atoms with Crippen molar-refractivity contribution in [2.75, 3.05) is 45.8 Å². The van der Waals surface area contributed by atoms with Crippen LogP contribution >= 0.6 is 22.9 Å². The molecule has 0 saturated carbocycles. The van der Waals surface area contributed by atoms with Crippen LogP contribution < -0.4 is 16.3 Å². The molecule has 4 N–H and O–H groups in total. The largest absolute Gasteiger partial charge is 0.484 e. The lowest BCUT2D eigenvalue weighted by atomic mass is 10.1. The van der Waals surface area contributed by atoms with E-state index in [-0.39, 0.29) is 4.88 Å². The van der Waals surface area contributed by atoms with Gasteiger partial charge < -0.3 is 25.3 Å². The fraction of sp³-hybridized carbons (Fsp3) is 0.355. The summed E-state index contributed by atoms with van der Waals surface area (Å²) in [7, 11) is 0. The lowest BCUT2D eigenvalue weighted by Gasteiger charge is -2.34. The van der Waals surface area contributed by atoms with Crippen LogP contribution in [-0.2, 0) is 0 Å². The second kappa shape index (κ2) is 13.9. The van der Waals surface area contributed by atoms with E-state index in [1.165, 1.54) is 22.5 Å². The number of piperazine rings is 1. The lowest BCUT2D eigenvalue weighted by Crippen LogP contribution is -2.46. The van der Waals surface area contributed by atoms with Crippen LogP contribution in [-0.4, -0.2) is 76.1 Å². The molecule has 1 unspecified atom stereocenters. The molecule has 2 aromatic heterocycles. The van der Waals surface area contributed by atoms with Crippen LogP contribution in [0.15, 0.2) is 61.1 Å². The van der Waals surface area contributed by atoms with Gasteiger partial charge in [0.2, 0.25) is 0 Å². The summed E-state index contributed by atoms with van der Waals surface area (Å²) in [6.07, 6.45) is 3.40. The Morgan fingerprint density at radius 2 is 1.93 bits per heavy atom. The Morgan fingerprint density at radius 1 is 1.19 bits per heavy atom. The summed E-state index contributed by atoms with van der Waals surface area (Å²) < 4.78 is 23.1. The molecule has 0 spiro atoms. The number of nitrogens with two attached hydrogens (primary N) is 2. The molecule has 1 atom stereocenters. The molecule has 2 aromatic carbocycles. The number of carbonyl (C=O) groups excluding carboxylic acids is 1. The number of ether oxygens (including phenoxy) is 1. The molecule has 3 heterocycles. The van der Waals surface area contributed by atoms with Gasteiger partial charge in [-0.3, -0.25) is 9.36 Å². The molecule has 1 aliphatic heterocycles. The van der Waals surface area contributed by atoms with E-state index in [0.717, 1.165) is 56.8 Å². The number of nitrogens with zero attached hydrogens (tertiary/aromatic N) is 5. The van der Waals surface area contributed by atoms with Crippen molar-refractivity contribution in [3.63, 3.8) is 0 Å². The van der Waals surface area contributed by atoms with E-state index >= 15 is 4.39 Å². The number of thiophene rings is 1. The molecule has 1 amide bonds. The van der Waals surface area contributed by atoms with Gasteiger partial charge in [0.25, 0.3) is 5.91 Å². The van der Waals surface area contributed by atoms with E-state index in [9.17, 15) is 4.79 Å². The zero-order chi connectivity index (χ0) is 30.5. The van der Waals surface area contributed by atoms with Gasteiger partial charge in [-0.1, -0.05) is 36.7 Å². The minimum atomic E-state index is -0.595. The average molecular weight is 626 g/mol. The van der Waals surface area contributed by atoms with Crippen molar-refractivity contribution in [3.8, 4) is 10.8 Å². The molecule has 0 bridgehead atoms. The van der Waals surface area contributed by atoms with Crippen LogP contribution in [0, 0.1) is 0 Å². The van der Waals surface area contributed by atoms with Gasteiger partial charge in [0.1, 0.15) is 33.9 Å². The highest BCUT2D eigenvalue weighted by Gasteiger charge is 2.21. The summed E-state index contributed by atoms with van der Waals surface area (Å²) in [6.45, 7) is 10.9. The number of hydrogen-bond donors (Lipinski definition) is 2. The van der Waals surface area contributed by atoms with Crippen molar-refractivity contribution in [2.45, 2.75) is 26.4 Å². The van der Waals surface area contributed by atoms with Gasteiger partial charge in [0.15, 0.2) is 0 Å². The Hall–Kier alpha value is -3.48. The van der Waals surface area contributed by atoms with Crippen molar-refractivity contribution in [2.24, 2.45) is 11.6 Å². The Kier molecular flexibility index (Phi) is 9.99. The summed E-state index contributed by atoms with van der Waals surface area (Å²) in [5, 5.41) is 2.66. The number of amides is 1. The second-order valence-corrected chi connectivity index (χ2v) is 12.0. The number of fused-ring (bicyclic) bond motifs is 1. The molecule has 4 aromatic rings. The Balaban J connectivity index is 1.26. The van der Waals surface area contributed by atoms with E-state index in [2.05, 4.69) is 21.7 Å². The van der Waals surface area contributed by atoms with Crippen molar-refractivity contribution >= 4 is 45.7 Å². The number of hydrazine groups is 1. The van der Waals surface area contributed by atoms with Crippen LogP contribution in [0.4, 0.5) is 4.39 Å². The molecule has 5 rings (SSSR count). The number of hydrogen-bond acceptors (Lipinski definition) is 8. The highest BCUT2D eigenvalue weighted by atomic mass is 35.5. The first-order valence-corrected chi connectivity index (χ1v) is 15.6. The zero-order valence-electron chi connectivity index (χ0n) is 24.4. The number of aromatic nitrogens is 2. The number of primary amides is 1. The minimum Gasteiger partial charge on any atom is -0.484 e. The topological polar surface area (TPSA) is 106 Å². The quantitative estimate of drug-likeness (QED) is 0.159. The normalized spacial score (nSPS) is 15.6. The summed E-state index contributed by atoms with van der Waals surface area (Å²) in [4.78, 5) is 21.9. The number of imidazole rings is 1. The molecule has 0 aliphatic carbocycles. The maximum atomic E-state index is 15.2. The van der Waals surface area contributed by atoms with E-state index in [1.54, 1.807) is 36.7 Å². The van der Waals surface area contributed by atoms with Crippen molar-refractivity contribution < 1.29 is 13.9 Å². The van der Waals surface area contributed by atoms with E-state index in [4.69, 9.17) is 27.9 Å². The first kappa shape index (κ1) is 31.0. The highest BCUT2D eigenvalue weighted by molar-refractivity contribution is 7.16. The summed E-state index contributed by atoms with van der Waals surface area (Å²) >= 11 is 7.53. The van der Waals surface area contributed by atoms with E-state index in [0.29, 0.717) is 33.4 Å². The van der Waals surface area contributed by atoms with Crippen LogP contribution in [0.2, 0.25) is 5.02 Å². The van der Waals surface area contributed by atoms with Crippen molar-refractivity contribution in [1.29, 1.82) is 0 Å². The Morgan fingerprint density at radius 3 is 2.65 bits per heavy atom. The molecular formula is C31H37ClFN7O2S. The first-order chi connectivity index (χ1) is 20.7. The van der Waals surface area contributed by atoms with Gasteiger partial charge >= 0.3 is 0 Å². The van der Waals surface area contributed by atoms with Gasteiger partial charge in [-0.15, -0.1) is 11.3 Å². The molecule has 0 radical (unpaired) electrons. The van der Waals surface area contributed by atoms with E-state index < -0.39 is 17.8 Å². The summed E-state index contributed by atoms with van der Waals surface area (Å²) in [5.74, 6) is 5.43. The molecule has 43 heavy (non-hydrogen) atoms. The maximum Gasteiger partial charge on any atom is 0.262 e. The number of carbonyl (C=O) groups is 1. The molecular weight excluding hydrogens is 589 g/mol. The van der Waals surface area contributed by atoms with Crippen LogP contribution in [0.1, 0.15) is 47.2 Å². The fourth-order valence-corrected chi connectivity index (χ4v) is 6.44. The van der Waals surface area contributed by atoms with E-state index in [1.807, 2.05) is 29.7 Å². The predicted molar refractivity (Wildman–Crippen MR) is 171 cm³/mol. The number of likely N-dealkylation sites (N-methyl/N-ethyl adjacent to an activating group) is 1.